The lowest BCUT2D eigenvalue weighted by atomic mass is 9.94. The summed E-state index contributed by atoms with van der Waals surface area (Å²) in [5.74, 6) is 0.569. The van der Waals surface area contributed by atoms with Crippen molar-refractivity contribution in [1.29, 1.82) is 0 Å². The maximum absolute atomic E-state index is 13.0. The molecular weight excluding hydrogens is 364 g/mol. The molecule has 0 saturated carbocycles. The summed E-state index contributed by atoms with van der Waals surface area (Å²) in [5.41, 5.74) is 8.92. The minimum Gasteiger partial charge on any atom is -0.342 e. The molecule has 2 unspecified atom stereocenters. The third kappa shape index (κ3) is 4.81. The van der Waals surface area contributed by atoms with Gasteiger partial charge in [0.05, 0.1) is 0 Å². The van der Waals surface area contributed by atoms with Gasteiger partial charge in [-0.3, -0.25) is 9.59 Å². The van der Waals surface area contributed by atoms with Gasteiger partial charge in [0.25, 0.3) is 0 Å². The van der Waals surface area contributed by atoms with Crippen LogP contribution < -0.4 is 10.9 Å². The molecule has 2 N–H and O–H groups in total. The smallest absolute Gasteiger partial charge is 0.241 e. The average molecular weight is 399 g/mol. The predicted molar refractivity (Wildman–Crippen MR) is 113 cm³/mol. The summed E-state index contributed by atoms with van der Waals surface area (Å²) < 4.78 is 0. The van der Waals surface area contributed by atoms with Gasteiger partial charge >= 0.3 is 0 Å². The van der Waals surface area contributed by atoms with Crippen LogP contribution in [0.1, 0.15) is 62.1 Å². The van der Waals surface area contributed by atoms with Crippen molar-refractivity contribution in [3.63, 3.8) is 0 Å². The van der Waals surface area contributed by atoms with Gasteiger partial charge in [-0.25, -0.2) is 10.9 Å². The second-order valence-corrected chi connectivity index (χ2v) is 8.88. The highest BCUT2D eigenvalue weighted by atomic mass is 16.2. The molecule has 3 fully saturated rings. The van der Waals surface area contributed by atoms with E-state index in [0.29, 0.717) is 19.0 Å². The minimum absolute atomic E-state index is 0.0899. The fourth-order valence-electron chi connectivity index (χ4n) is 4.85. The topological polar surface area (TPSA) is 64.7 Å². The van der Waals surface area contributed by atoms with E-state index in [1.807, 2.05) is 4.90 Å². The zero-order valence-corrected chi connectivity index (χ0v) is 17.5. The van der Waals surface area contributed by atoms with E-state index in [0.717, 1.165) is 45.2 Å². The lowest BCUT2D eigenvalue weighted by Crippen LogP contribution is -2.50. The molecular formula is C23H34N4O2. The summed E-state index contributed by atoms with van der Waals surface area (Å²) in [7, 11) is 0. The largest absolute Gasteiger partial charge is 0.342 e. The number of amides is 2. The zero-order chi connectivity index (χ0) is 20.2. The molecule has 0 aromatic heterocycles. The number of aryl methyl sites for hydroxylation is 1. The first-order valence-corrected chi connectivity index (χ1v) is 11.3. The second kappa shape index (κ2) is 9.26. The number of carbonyl (C=O) groups excluding carboxylic acids is 2. The minimum atomic E-state index is -0.195. The number of carbonyl (C=O) groups is 2. The van der Waals surface area contributed by atoms with Crippen molar-refractivity contribution in [1.82, 2.24) is 20.7 Å². The molecule has 1 aromatic rings. The average Bonchev–Trinajstić information content (AvgIpc) is 3.08. The Morgan fingerprint density at radius 3 is 2.10 bits per heavy atom. The number of nitrogens with zero attached hydrogens (tertiary/aromatic N) is 2. The van der Waals surface area contributed by atoms with E-state index in [2.05, 4.69) is 46.9 Å². The van der Waals surface area contributed by atoms with Gasteiger partial charge in [-0.2, -0.15) is 0 Å². The van der Waals surface area contributed by atoms with Crippen LogP contribution in [0.4, 0.5) is 0 Å². The molecule has 0 spiro atoms. The van der Waals surface area contributed by atoms with Crippen LogP contribution >= 0.6 is 0 Å². The summed E-state index contributed by atoms with van der Waals surface area (Å²) in [6.45, 7) is 5.29. The molecule has 29 heavy (non-hydrogen) atoms. The zero-order valence-electron chi connectivity index (χ0n) is 17.5. The van der Waals surface area contributed by atoms with Crippen molar-refractivity contribution >= 4 is 11.8 Å². The first-order chi connectivity index (χ1) is 14.1. The summed E-state index contributed by atoms with van der Waals surface area (Å²) in [6.07, 6.45) is 7.09. The molecule has 4 rings (SSSR count). The number of hydrogen-bond donors (Lipinski definition) is 2. The van der Waals surface area contributed by atoms with Crippen LogP contribution in [0, 0.1) is 12.8 Å². The molecule has 6 heteroatoms. The van der Waals surface area contributed by atoms with Crippen molar-refractivity contribution < 1.29 is 9.59 Å². The first-order valence-electron chi connectivity index (χ1n) is 11.3. The lowest BCUT2D eigenvalue weighted by Gasteiger charge is -2.35. The van der Waals surface area contributed by atoms with Gasteiger partial charge in [0.2, 0.25) is 11.8 Å². The van der Waals surface area contributed by atoms with Crippen LogP contribution in [0.15, 0.2) is 24.3 Å². The Kier molecular flexibility index (Phi) is 6.50. The highest BCUT2D eigenvalue weighted by Crippen LogP contribution is 2.26. The quantitative estimate of drug-likeness (QED) is 0.821. The van der Waals surface area contributed by atoms with E-state index in [4.69, 9.17) is 0 Å². The number of likely N-dealkylation sites (tertiary alicyclic amines) is 2. The molecule has 2 amide bonds. The van der Waals surface area contributed by atoms with E-state index in [1.165, 1.54) is 24.0 Å². The first kappa shape index (κ1) is 20.4. The highest BCUT2D eigenvalue weighted by Gasteiger charge is 2.36. The lowest BCUT2D eigenvalue weighted by molar-refractivity contribution is -0.141. The fourth-order valence-corrected chi connectivity index (χ4v) is 4.85. The number of hydrogen-bond acceptors (Lipinski definition) is 4. The van der Waals surface area contributed by atoms with E-state index in [-0.39, 0.29) is 23.9 Å². The van der Waals surface area contributed by atoms with Crippen LogP contribution in [0.25, 0.3) is 0 Å². The molecule has 0 radical (unpaired) electrons. The molecule has 0 aliphatic carbocycles. The Morgan fingerprint density at radius 2 is 1.45 bits per heavy atom. The molecule has 0 bridgehead atoms. The Morgan fingerprint density at radius 1 is 0.828 bits per heavy atom. The standard InChI is InChI=1S/C23H34N4O2/c1-17-6-8-18(9-7-17)20-16-21(25-24-20)23(29)27-14-10-19(11-15-27)22(28)26-12-4-2-3-5-13-26/h6-9,19-21,24-25H,2-5,10-16H2,1H3. The number of nitrogens with one attached hydrogen (secondary N) is 2. The van der Waals surface area contributed by atoms with E-state index < -0.39 is 0 Å². The summed E-state index contributed by atoms with van der Waals surface area (Å²) >= 11 is 0. The predicted octanol–water partition coefficient (Wildman–Crippen LogP) is 2.54. The Balaban J connectivity index is 1.27. The Hall–Kier alpha value is -1.92. The van der Waals surface area contributed by atoms with Gasteiger partial charge in [-0.1, -0.05) is 42.7 Å². The molecule has 1 aromatic carbocycles. The normalized spacial score (nSPS) is 26.4. The van der Waals surface area contributed by atoms with Crippen LogP contribution in [0.3, 0.4) is 0 Å². The summed E-state index contributed by atoms with van der Waals surface area (Å²) in [4.78, 5) is 29.9. The molecule has 3 aliphatic heterocycles. The molecule has 2 atom stereocenters. The Bertz CT molecular complexity index is 704. The molecule has 3 saturated heterocycles. The van der Waals surface area contributed by atoms with Crippen LogP contribution in [-0.4, -0.2) is 53.8 Å². The monoisotopic (exact) mass is 398 g/mol. The van der Waals surface area contributed by atoms with E-state index in [1.54, 1.807) is 0 Å². The van der Waals surface area contributed by atoms with Crippen molar-refractivity contribution in [2.75, 3.05) is 26.2 Å². The van der Waals surface area contributed by atoms with Crippen molar-refractivity contribution in [3.05, 3.63) is 35.4 Å². The fraction of sp³-hybridized carbons (Fsp3) is 0.652. The van der Waals surface area contributed by atoms with Crippen molar-refractivity contribution in [3.8, 4) is 0 Å². The van der Waals surface area contributed by atoms with Gasteiger partial charge in [-0.15, -0.1) is 0 Å². The van der Waals surface area contributed by atoms with Crippen LogP contribution in [0.2, 0.25) is 0 Å². The van der Waals surface area contributed by atoms with E-state index in [9.17, 15) is 9.59 Å². The molecule has 6 nitrogen and oxygen atoms in total. The van der Waals surface area contributed by atoms with Gasteiger partial charge in [0.1, 0.15) is 6.04 Å². The SMILES string of the molecule is Cc1ccc(C2CC(C(=O)N3CCC(C(=O)N4CCCCCC4)CC3)NN2)cc1. The van der Waals surface area contributed by atoms with Gasteiger partial charge in [0.15, 0.2) is 0 Å². The number of rotatable bonds is 3. The number of piperidine rings is 1. The number of benzene rings is 1. The Labute approximate surface area is 174 Å². The summed E-state index contributed by atoms with van der Waals surface area (Å²) in [5, 5.41) is 0. The van der Waals surface area contributed by atoms with Crippen LogP contribution in [-0.2, 0) is 9.59 Å². The summed E-state index contributed by atoms with van der Waals surface area (Å²) in [6, 6.07) is 8.44. The molecule has 3 heterocycles. The number of hydrazine groups is 1. The maximum Gasteiger partial charge on any atom is 0.241 e. The van der Waals surface area contributed by atoms with E-state index >= 15 is 0 Å². The third-order valence-electron chi connectivity index (χ3n) is 6.75. The van der Waals surface area contributed by atoms with Crippen molar-refractivity contribution in [2.24, 2.45) is 5.92 Å². The van der Waals surface area contributed by atoms with Gasteiger partial charge in [-0.05, 0) is 44.6 Å². The molecule has 158 valence electrons. The van der Waals surface area contributed by atoms with Gasteiger partial charge < -0.3 is 9.80 Å². The van der Waals surface area contributed by atoms with Crippen LogP contribution in [0.5, 0.6) is 0 Å². The van der Waals surface area contributed by atoms with Gasteiger partial charge in [0, 0.05) is 38.1 Å². The second-order valence-electron chi connectivity index (χ2n) is 8.88. The van der Waals surface area contributed by atoms with Crippen molar-refractivity contribution in [2.45, 2.75) is 64.0 Å². The molecule has 3 aliphatic rings. The maximum atomic E-state index is 13.0. The highest BCUT2D eigenvalue weighted by molar-refractivity contribution is 5.83. The third-order valence-corrected chi connectivity index (χ3v) is 6.75.